The lowest BCUT2D eigenvalue weighted by atomic mass is 9.88. The van der Waals surface area contributed by atoms with Gasteiger partial charge in [0, 0.05) is 28.0 Å². The van der Waals surface area contributed by atoms with Crippen LogP contribution in [0.15, 0.2) is 60.8 Å². The Morgan fingerprint density at radius 2 is 1.75 bits per heavy atom. The van der Waals surface area contributed by atoms with E-state index in [2.05, 4.69) is 37.3 Å². The van der Waals surface area contributed by atoms with Gasteiger partial charge in [0.15, 0.2) is 0 Å². The van der Waals surface area contributed by atoms with Crippen molar-refractivity contribution in [3.63, 3.8) is 0 Å². The van der Waals surface area contributed by atoms with E-state index in [0.717, 1.165) is 34.1 Å². The topological polar surface area (TPSA) is 38.0 Å². The molecule has 2 aromatic carbocycles. The first-order valence-electron chi connectivity index (χ1n) is 8.35. The molecule has 3 nitrogen and oxygen atoms in total. The van der Waals surface area contributed by atoms with Crippen molar-refractivity contribution in [2.75, 3.05) is 0 Å². The Kier molecular flexibility index (Phi) is 3.62. The normalized spacial score (nSPS) is 11.3. The number of aryl methyl sites for hydroxylation is 1. The molecular weight excluding hydrogens is 295 g/mol. The van der Waals surface area contributed by atoms with E-state index >= 15 is 0 Å². The van der Waals surface area contributed by atoms with Crippen molar-refractivity contribution in [3.05, 3.63) is 66.4 Å². The summed E-state index contributed by atoms with van der Waals surface area (Å²) < 4.78 is 1.90. The Bertz CT molecular complexity index is 1040. The van der Waals surface area contributed by atoms with Gasteiger partial charge in [0.1, 0.15) is 0 Å². The first kappa shape index (κ1) is 15.0. The number of fused-ring (bicyclic) bond motifs is 2. The van der Waals surface area contributed by atoms with E-state index in [4.69, 9.17) is 4.98 Å². The van der Waals surface area contributed by atoms with Crippen molar-refractivity contribution in [2.45, 2.75) is 20.2 Å². The van der Waals surface area contributed by atoms with Crippen molar-refractivity contribution in [1.82, 2.24) is 9.46 Å². The first-order chi connectivity index (χ1) is 11.7. The Balaban J connectivity index is 2.03. The zero-order chi connectivity index (χ0) is 16.7. The maximum atomic E-state index is 10.1. The number of benzene rings is 2. The van der Waals surface area contributed by atoms with Crippen LogP contribution < -0.4 is 0 Å². The highest BCUT2D eigenvalue weighted by Gasteiger charge is 2.16. The highest BCUT2D eigenvalue weighted by Crippen LogP contribution is 2.32. The highest BCUT2D eigenvalue weighted by atomic mass is 16.2. The average molecular weight is 314 g/mol. The molecule has 0 unspecified atom stereocenters. The van der Waals surface area contributed by atoms with E-state index in [9.17, 15) is 5.02 Å². The molecule has 0 amide bonds. The number of aromatic nitrogens is 2. The van der Waals surface area contributed by atoms with Crippen LogP contribution >= 0.6 is 0 Å². The van der Waals surface area contributed by atoms with Gasteiger partial charge in [0.2, 0.25) is 0 Å². The summed E-state index contributed by atoms with van der Waals surface area (Å²) in [6, 6.07) is 18.6. The van der Waals surface area contributed by atoms with Crippen LogP contribution in [0, 0.1) is 0 Å². The lowest BCUT2D eigenvalue weighted by molar-refractivity contribution is 0.566. The number of hydrogen-bond donors (Lipinski definition) is 1. The van der Waals surface area contributed by atoms with Crippen LogP contribution in [-0.4, -0.2) is 21.5 Å². The van der Waals surface area contributed by atoms with E-state index in [1.54, 1.807) is 6.82 Å². The zero-order valence-electron chi connectivity index (χ0n) is 13.9. The molecule has 4 heteroatoms. The molecule has 2 aromatic heterocycles. The minimum Gasteiger partial charge on any atom is -0.432 e. The van der Waals surface area contributed by atoms with Gasteiger partial charge in [-0.15, -0.1) is 0 Å². The molecule has 0 fully saturated rings. The van der Waals surface area contributed by atoms with Crippen molar-refractivity contribution in [3.8, 4) is 11.3 Å². The highest BCUT2D eigenvalue weighted by molar-refractivity contribution is 6.48. The molecule has 0 bridgehead atoms. The summed E-state index contributed by atoms with van der Waals surface area (Å²) in [5, 5.41) is 12.4. The van der Waals surface area contributed by atoms with Crippen LogP contribution in [0.4, 0.5) is 0 Å². The minimum atomic E-state index is -0.574. The Morgan fingerprint density at radius 1 is 1.04 bits per heavy atom. The molecule has 24 heavy (non-hydrogen) atoms. The molecule has 0 atom stereocenters. The molecule has 4 aromatic rings. The Morgan fingerprint density at radius 3 is 2.50 bits per heavy atom. The molecular formula is C20H19BN2O. The molecule has 0 spiro atoms. The quantitative estimate of drug-likeness (QED) is 0.570. The molecule has 118 valence electrons. The molecule has 0 radical (unpaired) electrons. The van der Waals surface area contributed by atoms with E-state index in [1.807, 2.05) is 34.9 Å². The van der Waals surface area contributed by atoms with Gasteiger partial charge in [-0.2, -0.15) is 0 Å². The minimum absolute atomic E-state index is 0.574. The van der Waals surface area contributed by atoms with Crippen molar-refractivity contribution in [2.24, 2.45) is 0 Å². The van der Waals surface area contributed by atoms with E-state index < -0.39 is 7.05 Å². The fourth-order valence-electron chi connectivity index (χ4n) is 3.40. The van der Waals surface area contributed by atoms with E-state index in [0.29, 0.717) is 0 Å². The van der Waals surface area contributed by atoms with Crippen molar-refractivity contribution < 1.29 is 5.02 Å². The second kappa shape index (κ2) is 5.80. The first-order valence-corrected chi connectivity index (χ1v) is 8.35. The van der Waals surface area contributed by atoms with Gasteiger partial charge in [-0.1, -0.05) is 43.3 Å². The number of nitrogens with zero attached hydrogens (tertiary/aromatic N) is 2. The molecule has 4 rings (SSSR count). The van der Waals surface area contributed by atoms with E-state index in [1.165, 1.54) is 10.9 Å². The van der Waals surface area contributed by atoms with Gasteiger partial charge in [-0.05, 0) is 37.0 Å². The van der Waals surface area contributed by atoms with Crippen molar-refractivity contribution >= 4 is 28.9 Å². The van der Waals surface area contributed by atoms with Gasteiger partial charge in [0.25, 0.3) is 0 Å². The van der Waals surface area contributed by atoms with Crippen LogP contribution in [0.3, 0.4) is 0 Å². The van der Waals surface area contributed by atoms with Gasteiger partial charge in [0.05, 0.1) is 11.2 Å². The molecule has 0 aliphatic heterocycles. The lowest BCUT2D eigenvalue weighted by Crippen LogP contribution is -2.17. The summed E-state index contributed by atoms with van der Waals surface area (Å²) >= 11 is 0. The van der Waals surface area contributed by atoms with E-state index in [-0.39, 0.29) is 0 Å². The predicted molar refractivity (Wildman–Crippen MR) is 101 cm³/mol. The van der Waals surface area contributed by atoms with Crippen molar-refractivity contribution in [1.29, 1.82) is 0 Å². The average Bonchev–Trinajstić information content (AvgIpc) is 3.00. The van der Waals surface area contributed by atoms with Crippen LogP contribution in [0.25, 0.3) is 33.1 Å². The Hall–Kier alpha value is -2.59. The van der Waals surface area contributed by atoms with Gasteiger partial charge in [-0.3, -0.25) is 0 Å². The molecule has 2 heterocycles. The summed E-state index contributed by atoms with van der Waals surface area (Å²) in [6.07, 6.45) is 2.97. The lowest BCUT2D eigenvalue weighted by Gasteiger charge is -2.07. The molecule has 0 aliphatic carbocycles. The number of rotatable bonds is 3. The smallest absolute Gasteiger partial charge is 0.413 e. The molecule has 0 aliphatic rings. The van der Waals surface area contributed by atoms with Crippen LogP contribution in [0.2, 0.25) is 6.82 Å². The monoisotopic (exact) mass is 314 g/mol. The number of hydrogen-bond acceptors (Lipinski definition) is 2. The zero-order valence-corrected chi connectivity index (χ0v) is 13.9. The third kappa shape index (κ3) is 2.31. The largest absolute Gasteiger partial charge is 0.432 e. The second-order valence-corrected chi connectivity index (χ2v) is 6.14. The third-order valence-corrected chi connectivity index (χ3v) is 4.60. The fraction of sp³-hybridized carbons (Fsp3) is 0.150. The van der Waals surface area contributed by atoms with Gasteiger partial charge >= 0.3 is 7.05 Å². The Labute approximate surface area is 141 Å². The number of pyridine rings is 1. The molecule has 1 N–H and O–H groups in total. The molecule has 0 saturated heterocycles. The summed E-state index contributed by atoms with van der Waals surface area (Å²) in [7, 11) is -0.574. The van der Waals surface area contributed by atoms with Gasteiger partial charge in [-0.25, -0.2) is 4.98 Å². The van der Waals surface area contributed by atoms with Crippen LogP contribution in [-0.2, 0) is 6.42 Å². The van der Waals surface area contributed by atoms with Gasteiger partial charge < -0.3 is 9.50 Å². The predicted octanol–water partition coefficient (Wildman–Crippen LogP) is 4.38. The summed E-state index contributed by atoms with van der Waals surface area (Å²) in [5.74, 6) is 0. The SMILES string of the molecule is CCc1cc(-c2cn(B(C)O)c3ccccc23)nc2ccccc12. The number of para-hydroxylation sites is 2. The standard InChI is InChI=1S/C20H19BN2O/c1-3-14-12-19(22-18-10-6-4-8-15(14)18)17-13-23(21(2)24)20-11-7-5-9-16(17)20/h4-13,24H,3H2,1-2H3. The summed E-state index contributed by atoms with van der Waals surface area (Å²) in [6.45, 7) is 3.95. The maximum Gasteiger partial charge on any atom is 0.413 e. The molecule has 0 saturated carbocycles. The van der Waals surface area contributed by atoms with Crippen LogP contribution in [0.5, 0.6) is 0 Å². The third-order valence-electron chi connectivity index (χ3n) is 4.60. The maximum absolute atomic E-state index is 10.1. The fourth-order valence-corrected chi connectivity index (χ4v) is 3.40. The summed E-state index contributed by atoms with van der Waals surface area (Å²) in [5.41, 5.74) is 5.36. The second-order valence-electron chi connectivity index (χ2n) is 6.14. The summed E-state index contributed by atoms with van der Waals surface area (Å²) in [4.78, 5) is 4.88. The van der Waals surface area contributed by atoms with Crippen LogP contribution in [0.1, 0.15) is 12.5 Å².